The van der Waals surface area contributed by atoms with E-state index in [9.17, 15) is 4.79 Å². The first-order valence-corrected chi connectivity index (χ1v) is 9.38. The standard InChI is InChI=1S/C17H20ClN3O3S/c1-23-13-9-11(8-12(18)14(13)24-2)15(22)19-17-21-20-16(25-17)10-6-4-3-5-7-10/h8-10H,3-7H2,1-2H3,(H,19,21,22). The summed E-state index contributed by atoms with van der Waals surface area (Å²) in [5.41, 5.74) is 0.372. The largest absolute Gasteiger partial charge is 0.493 e. The van der Waals surface area contributed by atoms with Gasteiger partial charge in [0.1, 0.15) is 5.01 Å². The topological polar surface area (TPSA) is 73.3 Å². The van der Waals surface area contributed by atoms with Gasteiger partial charge in [0.05, 0.1) is 19.2 Å². The Hall–Kier alpha value is -1.86. The average molecular weight is 382 g/mol. The van der Waals surface area contributed by atoms with Crippen LogP contribution in [-0.2, 0) is 0 Å². The third-order valence-electron chi connectivity index (χ3n) is 4.31. The minimum Gasteiger partial charge on any atom is -0.493 e. The van der Waals surface area contributed by atoms with Gasteiger partial charge in [-0.25, -0.2) is 0 Å². The van der Waals surface area contributed by atoms with Gasteiger partial charge in [-0.15, -0.1) is 10.2 Å². The van der Waals surface area contributed by atoms with Crippen molar-refractivity contribution in [1.82, 2.24) is 10.2 Å². The third-order valence-corrected chi connectivity index (χ3v) is 5.59. The zero-order valence-corrected chi connectivity index (χ0v) is 15.7. The number of hydrogen-bond donors (Lipinski definition) is 1. The number of rotatable bonds is 5. The molecule has 0 aliphatic heterocycles. The minimum atomic E-state index is -0.311. The summed E-state index contributed by atoms with van der Waals surface area (Å²) in [4.78, 5) is 12.5. The van der Waals surface area contributed by atoms with E-state index in [-0.39, 0.29) is 5.91 Å². The van der Waals surface area contributed by atoms with E-state index in [2.05, 4.69) is 15.5 Å². The van der Waals surface area contributed by atoms with Gasteiger partial charge in [-0.1, -0.05) is 42.2 Å². The lowest BCUT2D eigenvalue weighted by Crippen LogP contribution is -2.12. The number of ether oxygens (including phenoxy) is 2. The zero-order chi connectivity index (χ0) is 17.8. The van der Waals surface area contributed by atoms with Crippen LogP contribution in [0.4, 0.5) is 5.13 Å². The predicted molar refractivity (Wildman–Crippen MR) is 98.2 cm³/mol. The summed E-state index contributed by atoms with van der Waals surface area (Å²) in [6.07, 6.45) is 6.05. The summed E-state index contributed by atoms with van der Waals surface area (Å²) in [6, 6.07) is 3.13. The second-order valence-corrected chi connectivity index (χ2v) is 7.34. The number of carbonyl (C=O) groups excluding carboxylic acids is 1. The fourth-order valence-corrected chi connectivity index (χ4v) is 4.21. The molecule has 8 heteroatoms. The number of methoxy groups -OCH3 is 2. The normalized spacial score (nSPS) is 15.0. The molecule has 1 aliphatic carbocycles. The van der Waals surface area contributed by atoms with E-state index in [4.69, 9.17) is 21.1 Å². The smallest absolute Gasteiger partial charge is 0.257 e. The highest BCUT2D eigenvalue weighted by Gasteiger charge is 2.21. The summed E-state index contributed by atoms with van der Waals surface area (Å²) >= 11 is 7.60. The van der Waals surface area contributed by atoms with Crippen molar-refractivity contribution < 1.29 is 14.3 Å². The Balaban J connectivity index is 1.74. The van der Waals surface area contributed by atoms with Crippen LogP contribution in [0.15, 0.2) is 12.1 Å². The van der Waals surface area contributed by atoms with E-state index < -0.39 is 0 Å². The minimum absolute atomic E-state index is 0.311. The van der Waals surface area contributed by atoms with Crippen LogP contribution in [0.25, 0.3) is 0 Å². The molecule has 3 rings (SSSR count). The van der Waals surface area contributed by atoms with E-state index in [1.807, 2.05) is 0 Å². The first kappa shape index (κ1) is 17.9. The highest BCUT2D eigenvalue weighted by Crippen LogP contribution is 2.37. The van der Waals surface area contributed by atoms with Gasteiger partial charge in [-0.3, -0.25) is 10.1 Å². The van der Waals surface area contributed by atoms with Crippen LogP contribution in [0.5, 0.6) is 11.5 Å². The van der Waals surface area contributed by atoms with Gasteiger partial charge in [0, 0.05) is 11.5 Å². The molecule has 0 bridgehead atoms. The lowest BCUT2D eigenvalue weighted by molar-refractivity contribution is 0.102. The van der Waals surface area contributed by atoms with Crippen LogP contribution >= 0.6 is 22.9 Å². The van der Waals surface area contributed by atoms with E-state index in [1.165, 1.54) is 44.8 Å². The summed E-state index contributed by atoms with van der Waals surface area (Å²) in [6.45, 7) is 0. The molecule has 1 aromatic carbocycles. The van der Waals surface area contributed by atoms with E-state index in [0.717, 1.165) is 17.8 Å². The first-order chi connectivity index (χ1) is 12.1. The molecule has 1 amide bonds. The molecule has 1 aromatic heterocycles. The van der Waals surface area contributed by atoms with Gasteiger partial charge in [-0.2, -0.15) is 0 Å². The maximum Gasteiger partial charge on any atom is 0.257 e. The SMILES string of the molecule is COc1cc(C(=O)Nc2nnc(C3CCCCC3)s2)cc(Cl)c1OC. The Kier molecular flexibility index (Phi) is 5.75. The summed E-state index contributed by atoms with van der Waals surface area (Å²) in [7, 11) is 2.99. The van der Waals surface area contributed by atoms with Gasteiger partial charge in [0.2, 0.25) is 5.13 Å². The molecule has 0 saturated heterocycles. The number of aromatic nitrogens is 2. The molecule has 6 nitrogen and oxygen atoms in total. The van der Waals surface area contributed by atoms with Gasteiger partial charge in [0.25, 0.3) is 5.91 Å². The highest BCUT2D eigenvalue weighted by molar-refractivity contribution is 7.15. The molecule has 0 unspecified atom stereocenters. The van der Waals surface area contributed by atoms with Gasteiger partial charge in [-0.05, 0) is 25.0 Å². The zero-order valence-electron chi connectivity index (χ0n) is 14.2. The highest BCUT2D eigenvalue weighted by atomic mass is 35.5. The van der Waals surface area contributed by atoms with Crippen molar-refractivity contribution in [2.75, 3.05) is 19.5 Å². The molecule has 1 saturated carbocycles. The number of nitrogens with one attached hydrogen (secondary N) is 1. The number of halogens is 1. The molecule has 1 fully saturated rings. The van der Waals surface area contributed by atoms with Crippen molar-refractivity contribution in [2.24, 2.45) is 0 Å². The van der Waals surface area contributed by atoms with E-state index in [0.29, 0.717) is 33.1 Å². The van der Waals surface area contributed by atoms with Crippen LogP contribution in [0.2, 0.25) is 5.02 Å². The van der Waals surface area contributed by atoms with Crippen molar-refractivity contribution in [1.29, 1.82) is 0 Å². The number of anilines is 1. The molecule has 134 valence electrons. The lowest BCUT2D eigenvalue weighted by atomic mass is 9.90. The predicted octanol–water partition coefficient (Wildman–Crippen LogP) is 4.51. The quantitative estimate of drug-likeness (QED) is 0.824. The Morgan fingerprint density at radius 1 is 1.20 bits per heavy atom. The lowest BCUT2D eigenvalue weighted by Gasteiger charge is -2.18. The third kappa shape index (κ3) is 4.04. The molecule has 1 N–H and O–H groups in total. The second-order valence-electron chi connectivity index (χ2n) is 5.93. The average Bonchev–Trinajstić information content (AvgIpc) is 3.10. The molecule has 2 aromatic rings. The fraction of sp³-hybridized carbons (Fsp3) is 0.471. The molecular weight excluding hydrogens is 362 g/mol. The van der Waals surface area contributed by atoms with Gasteiger partial charge in [0.15, 0.2) is 11.5 Å². The molecule has 25 heavy (non-hydrogen) atoms. The van der Waals surface area contributed by atoms with Crippen molar-refractivity contribution in [2.45, 2.75) is 38.0 Å². The second kappa shape index (κ2) is 8.01. The maximum absolute atomic E-state index is 12.5. The monoisotopic (exact) mass is 381 g/mol. The molecule has 0 radical (unpaired) electrons. The number of hydrogen-bond acceptors (Lipinski definition) is 6. The van der Waals surface area contributed by atoms with Crippen LogP contribution < -0.4 is 14.8 Å². The van der Waals surface area contributed by atoms with Crippen molar-refractivity contribution >= 4 is 34.0 Å². The number of benzene rings is 1. The number of carbonyl (C=O) groups is 1. The Labute approximate surface area is 155 Å². The van der Waals surface area contributed by atoms with Gasteiger partial charge < -0.3 is 9.47 Å². The van der Waals surface area contributed by atoms with E-state index in [1.54, 1.807) is 12.1 Å². The Bertz CT molecular complexity index is 760. The van der Waals surface area contributed by atoms with Crippen LogP contribution in [0, 0.1) is 0 Å². The van der Waals surface area contributed by atoms with Crippen molar-refractivity contribution in [3.05, 3.63) is 27.7 Å². The fourth-order valence-electron chi connectivity index (χ4n) is 3.02. The van der Waals surface area contributed by atoms with E-state index >= 15 is 0 Å². The molecular formula is C17H20ClN3O3S. The van der Waals surface area contributed by atoms with Gasteiger partial charge >= 0.3 is 0 Å². The van der Waals surface area contributed by atoms with Crippen LogP contribution in [0.1, 0.15) is 53.4 Å². The number of amides is 1. The summed E-state index contributed by atoms with van der Waals surface area (Å²) in [5, 5.41) is 12.9. The van der Waals surface area contributed by atoms with Crippen molar-refractivity contribution in [3.8, 4) is 11.5 Å². The maximum atomic E-state index is 12.5. The Morgan fingerprint density at radius 3 is 2.64 bits per heavy atom. The first-order valence-electron chi connectivity index (χ1n) is 8.18. The van der Waals surface area contributed by atoms with Crippen LogP contribution in [-0.4, -0.2) is 30.3 Å². The molecule has 1 aliphatic rings. The summed E-state index contributed by atoms with van der Waals surface area (Å²) < 4.78 is 10.4. The molecule has 0 atom stereocenters. The Morgan fingerprint density at radius 2 is 1.96 bits per heavy atom. The molecule has 1 heterocycles. The molecule has 0 spiro atoms. The van der Waals surface area contributed by atoms with Crippen LogP contribution in [0.3, 0.4) is 0 Å². The summed E-state index contributed by atoms with van der Waals surface area (Å²) in [5.74, 6) is 0.957. The number of nitrogens with zero attached hydrogens (tertiary/aromatic N) is 2. The van der Waals surface area contributed by atoms with Crippen molar-refractivity contribution in [3.63, 3.8) is 0 Å².